The van der Waals surface area contributed by atoms with E-state index in [0.29, 0.717) is 18.2 Å². The number of hydrogen-bond acceptors (Lipinski definition) is 4. The monoisotopic (exact) mass is 280 g/mol. The summed E-state index contributed by atoms with van der Waals surface area (Å²) in [6, 6.07) is 3.93. The normalized spacial score (nSPS) is 10.9. The third-order valence-electron chi connectivity index (χ3n) is 2.72. The van der Waals surface area contributed by atoms with Crippen LogP contribution in [-0.4, -0.2) is 35.0 Å². The van der Waals surface area contributed by atoms with E-state index < -0.39 is 0 Å². The summed E-state index contributed by atoms with van der Waals surface area (Å²) < 4.78 is 6.71. The van der Waals surface area contributed by atoms with E-state index in [2.05, 4.69) is 15.4 Å². The SMILES string of the molecule is COCCNCc1cccnc1-n1cc(Cl)c(C)n1. The number of hydrogen-bond donors (Lipinski definition) is 1. The van der Waals surface area contributed by atoms with Crippen LogP contribution in [0, 0.1) is 6.92 Å². The minimum Gasteiger partial charge on any atom is -0.383 e. The van der Waals surface area contributed by atoms with Crippen LogP contribution in [0.4, 0.5) is 0 Å². The molecule has 0 atom stereocenters. The quantitative estimate of drug-likeness (QED) is 0.822. The van der Waals surface area contributed by atoms with Gasteiger partial charge in [-0.25, -0.2) is 9.67 Å². The molecule has 0 saturated carbocycles. The van der Waals surface area contributed by atoms with Gasteiger partial charge in [-0.1, -0.05) is 17.7 Å². The average molecular weight is 281 g/mol. The largest absolute Gasteiger partial charge is 0.383 e. The fourth-order valence-corrected chi connectivity index (χ4v) is 1.85. The van der Waals surface area contributed by atoms with Crippen molar-refractivity contribution in [1.29, 1.82) is 0 Å². The van der Waals surface area contributed by atoms with Crippen molar-refractivity contribution in [3.63, 3.8) is 0 Å². The first-order valence-electron chi connectivity index (χ1n) is 6.08. The Balaban J connectivity index is 2.16. The van der Waals surface area contributed by atoms with Crippen LogP contribution in [-0.2, 0) is 11.3 Å². The minimum absolute atomic E-state index is 0.643. The van der Waals surface area contributed by atoms with Crippen molar-refractivity contribution in [3.8, 4) is 5.82 Å². The summed E-state index contributed by atoms with van der Waals surface area (Å²) in [6.07, 6.45) is 3.52. The molecule has 102 valence electrons. The molecular weight excluding hydrogens is 264 g/mol. The topological polar surface area (TPSA) is 52.0 Å². The smallest absolute Gasteiger partial charge is 0.157 e. The van der Waals surface area contributed by atoms with Crippen molar-refractivity contribution < 1.29 is 4.74 Å². The summed E-state index contributed by atoms with van der Waals surface area (Å²) in [5.74, 6) is 0.794. The first-order chi connectivity index (χ1) is 9.22. The summed E-state index contributed by atoms with van der Waals surface area (Å²) in [4.78, 5) is 4.37. The molecule has 2 aromatic heterocycles. The molecule has 19 heavy (non-hydrogen) atoms. The summed E-state index contributed by atoms with van der Waals surface area (Å²) in [7, 11) is 1.69. The molecule has 0 fully saturated rings. The van der Waals surface area contributed by atoms with Gasteiger partial charge in [0.05, 0.1) is 23.5 Å². The summed E-state index contributed by atoms with van der Waals surface area (Å²) >= 11 is 6.03. The maximum absolute atomic E-state index is 6.03. The molecule has 0 aromatic carbocycles. The van der Waals surface area contributed by atoms with Crippen LogP contribution in [0.25, 0.3) is 5.82 Å². The zero-order valence-corrected chi connectivity index (χ0v) is 11.8. The number of pyridine rings is 1. The lowest BCUT2D eigenvalue weighted by molar-refractivity contribution is 0.199. The first-order valence-corrected chi connectivity index (χ1v) is 6.46. The van der Waals surface area contributed by atoms with Crippen LogP contribution in [0.2, 0.25) is 5.02 Å². The molecule has 0 bridgehead atoms. The highest BCUT2D eigenvalue weighted by atomic mass is 35.5. The molecule has 1 N–H and O–H groups in total. The van der Waals surface area contributed by atoms with Gasteiger partial charge in [-0.3, -0.25) is 0 Å². The number of ether oxygens (including phenoxy) is 1. The Morgan fingerprint density at radius 3 is 3.00 bits per heavy atom. The van der Waals surface area contributed by atoms with Gasteiger partial charge in [0.25, 0.3) is 0 Å². The molecule has 0 radical (unpaired) electrons. The fourth-order valence-electron chi connectivity index (χ4n) is 1.72. The number of halogens is 1. The lowest BCUT2D eigenvalue weighted by Crippen LogP contribution is -2.20. The van der Waals surface area contributed by atoms with Gasteiger partial charge in [0.1, 0.15) is 0 Å². The number of rotatable bonds is 6. The van der Waals surface area contributed by atoms with Gasteiger partial charge in [-0.2, -0.15) is 5.10 Å². The van der Waals surface area contributed by atoms with E-state index in [0.717, 1.165) is 23.6 Å². The van der Waals surface area contributed by atoms with Crippen LogP contribution in [0.5, 0.6) is 0 Å². The van der Waals surface area contributed by atoms with Gasteiger partial charge in [0.15, 0.2) is 5.82 Å². The number of aromatic nitrogens is 3. The Hall–Kier alpha value is -1.43. The zero-order valence-electron chi connectivity index (χ0n) is 11.1. The molecule has 0 spiro atoms. The zero-order chi connectivity index (χ0) is 13.7. The predicted molar refractivity (Wildman–Crippen MR) is 74.7 cm³/mol. The van der Waals surface area contributed by atoms with E-state index in [-0.39, 0.29) is 0 Å². The number of aryl methyl sites for hydroxylation is 1. The van der Waals surface area contributed by atoms with E-state index in [1.165, 1.54) is 0 Å². The van der Waals surface area contributed by atoms with Crippen molar-refractivity contribution in [1.82, 2.24) is 20.1 Å². The number of nitrogens with zero attached hydrogens (tertiary/aromatic N) is 3. The van der Waals surface area contributed by atoms with Crippen molar-refractivity contribution in [2.45, 2.75) is 13.5 Å². The second kappa shape index (κ2) is 6.65. The van der Waals surface area contributed by atoms with Gasteiger partial charge in [0, 0.05) is 32.0 Å². The van der Waals surface area contributed by atoms with Crippen LogP contribution >= 0.6 is 11.6 Å². The van der Waals surface area contributed by atoms with Crippen LogP contribution < -0.4 is 5.32 Å². The Labute approximate surface area is 117 Å². The van der Waals surface area contributed by atoms with E-state index in [9.17, 15) is 0 Å². The van der Waals surface area contributed by atoms with Gasteiger partial charge >= 0.3 is 0 Å². The molecule has 0 unspecified atom stereocenters. The highest BCUT2D eigenvalue weighted by Gasteiger charge is 2.09. The third-order valence-corrected chi connectivity index (χ3v) is 3.09. The van der Waals surface area contributed by atoms with Crippen molar-refractivity contribution >= 4 is 11.6 Å². The predicted octanol–water partition coefficient (Wildman–Crippen LogP) is 1.97. The fraction of sp³-hybridized carbons (Fsp3) is 0.385. The summed E-state index contributed by atoms with van der Waals surface area (Å²) in [5.41, 5.74) is 1.86. The van der Waals surface area contributed by atoms with Crippen molar-refractivity contribution in [2.75, 3.05) is 20.3 Å². The molecular formula is C13H17ClN4O. The Morgan fingerprint density at radius 1 is 1.47 bits per heavy atom. The molecule has 5 nitrogen and oxygen atoms in total. The molecule has 2 rings (SSSR count). The molecule has 6 heteroatoms. The standard InChI is InChI=1S/C13H17ClN4O/c1-10-12(14)9-18(17-10)13-11(4-3-5-16-13)8-15-6-7-19-2/h3-5,9,15H,6-8H2,1-2H3. The average Bonchev–Trinajstić information content (AvgIpc) is 2.75. The highest BCUT2D eigenvalue weighted by molar-refractivity contribution is 6.31. The molecule has 0 aliphatic carbocycles. The molecule has 0 amide bonds. The highest BCUT2D eigenvalue weighted by Crippen LogP contribution is 2.17. The van der Waals surface area contributed by atoms with Gasteiger partial charge in [0.2, 0.25) is 0 Å². The maximum Gasteiger partial charge on any atom is 0.157 e. The molecule has 2 aromatic rings. The van der Waals surface area contributed by atoms with E-state index >= 15 is 0 Å². The molecule has 0 saturated heterocycles. The minimum atomic E-state index is 0.643. The third kappa shape index (κ3) is 3.53. The van der Waals surface area contributed by atoms with E-state index in [1.807, 2.05) is 19.1 Å². The summed E-state index contributed by atoms with van der Waals surface area (Å²) in [5, 5.41) is 8.29. The van der Waals surface area contributed by atoms with Crippen LogP contribution in [0.3, 0.4) is 0 Å². The van der Waals surface area contributed by atoms with Crippen LogP contribution in [0.1, 0.15) is 11.3 Å². The second-order valence-corrected chi connectivity index (χ2v) is 4.57. The Bertz CT molecular complexity index is 522. The lowest BCUT2D eigenvalue weighted by atomic mass is 10.2. The van der Waals surface area contributed by atoms with Crippen LogP contribution in [0.15, 0.2) is 24.5 Å². The first kappa shape index (κ1) is 14.0. The maximum atomic E-state index is 6.03. The number of nitrogens with one attached hydrogen (secondary N) is 1. The second-order valence-electron chi connectivity index (χ2n) is 4.16. The van der Waals surface area contributed by atoms with E-state index in [4.69, 9.17) is 16.3 Å². The van der Waals surface area contributed by atoms with Gasteiger partial charge in [-0.05, 0) is 13.0 Å². The van der Waals surface area contributed by atoms with Gasteiger partial charge in [-0.15, -0.1) is 0 Å². The van der Waals surface area contributed by atoms with Crippen molar-refractivity contribution in [2.24, 2.45) is 0 Å². The molecule has 0 aliphatic heterocycles. The Morgan fingerprint density at radius 2 is 2.32 bits per heavy atom. The van der Waals surface area contributed by atoms with E-state index in [1.54, 1.807) is 24.2 Å². The lowest BCUT2D eigenvalue weighted by Gasteiger charge is -2.09. The Kier molecular flexibility index (Phi) is 4.90. The van der Waals surface area contributed by atoms with Gasteiger partial charge < -0.3 is 10.1 Å². The number of methoxy groups -OCH3 is 1. The van der Waals surface area contributed by atoms with Crippen molar-refractivity contribution in [3.05, 3.63) is 40.8 Å². The molecule has 0 aliphatic rings. The molecule has 2 heterocycles. The summed E-state index contributed by atoms with van der Waals surface area (Å²) in [6.45, 7) is 4.06.